The summed E-state index contributed by atoms with van der Waals surface area (Å²) in [6.45, 7) is 2.88. The van der Waals surface area contributed by atoms with E-state index in [1.165, 1.54) is 0 Å². The number of pyridine rings is 1. The zero-order valence-electron chi connectivity index (χ0n) is 13.0. The summed E-state index contributed by atoms with van der Waals surface area (Å²) in [4.78, 5) is 20.4. The Balaban J connectivity index is 1.50. The first-order valence-electron chi connectivity index (χ1n) is 7.64. The first kappa shape index (κ1) is 16.9. The molecule has 1 aliphatic rings. The predicted molar refractivity (Wildman–Crippen MR) is 95.0 cm³/mol. The molecular weight excluding hydrogens is 349 g/mol. The molecule has 0 N–H and O–H groups in total. The van der Waals surface area contributed by atoms with Crippen LogP contribution in [0.4, 0.5) is 5.69 Å². The number of halogens is 2. The van der Waals surface area contributed by atoms with Crippen molar-refractivity contribution in [3.05, 3.63) is 52.8 Å². The molecule has 1 amide bonds. The van der Waals surface area contributed by atoms with Gasteiger partial charge in [-0.3, -0.25) is 9.78 Å². The molecule has 0 saturated carbocycles. The van der Waals surface area contributed by atoms with Crippen LogP contribution in [0.2, 0.25) is 10.0 Å². The Hall–Kier alpha value is -1.98. The van der Waals surface area contributed by atoms with Gasteiger partial charge in [-0.1, -0.05) is 23.2 Å². The summed E-state index contributed by atoms with van der Waals surface area (Å²) in [5, 5.41) is 0.934. The minimum atomic E-state index is -0.0459. The molecule has 0 bridgehead atoms. The van der Waals surface area contributed by atoms with Crippen molar-refractivity contribution in [3.63, 3.8) is 0 Å². The number of amides is 1. The van der Waals surface area contributed by atoms with Gasteiger partial charge < -0.3 is 14.5 Å². The summed E-state index contributed by atoms with van der Waals surface area (Å²) < 4.78 is 5.51. The number of carbonyl (C=O) groups is 1. The lowest BCUT2D eigenvalue weighted by atomic mass is 10.2. The average molecular weight is 366 g/mol. The van der Waals surface area contributed by atoms with Gasteiger partial charge in [-0.2, -0.15) is 0 Å². The number of hydrogen-bond acceptors (Lipinski definition) is 4. The van der Waals surface area contributed by atoms with Crippen molar-refractivity contribution in [1.82, 2.24) is 9.88 Å². The molecule has 1 aromatic carbocycles. The Labute approximate surface area is 150 Å². The summed E-state index contributed by atoms with van der Waals surface area (Å²) in [5.41, 5.74) is 1.13. The minimum Gasteiger partial charge on any atom is -0.482 e. The number of nitrogens with zero attached hydrogens (tertiary/aromatic N) is 3. The van der Waals surface area contributed by atoms with E-state index in [1.54, 1.807) is 30.6 Å². The van der Waals surface area contributed by atoms with Gasteiger partial charge in [0.1, 0.15) is 5.75 Å². The van der Waals surface area contributed by atoms with E-state index in [1.807, 2.05) is 17.0 Å². The second kappa shape index (κ2) is 7.73. The van der Waals surface area contributed by atoms with E-state index in [4.69, 9.17) is 27.9 Å². The van der Waals surface area contributed by atoms with E-state index in [0.29, 0.717) is 28.9 Å². The highest BCUT2D eigenvalue weighted by atomic mass is 35.5. The summed E-state index contributed by atoms with van der Waals surface area (Å²) in [5.74, 6) is 0.417. The number of carbonyl (C=O) groups excluding carboxylic acids is 1. The number of anilines is 1. The minimum absolute atomic E-state index is 0.0311. The number of aromatic nitrogens is 1. The SMILES string of the molecule is O=C(COc1ccc(Cl)cc1Cl)N1CCN(c2ccncc2)CC1. The van der Waals surface area contributed by atoms with Crippen molar-refractivity contribution >= 4 is 34.8 Å². The molecule has 1 aliphatic heterocycles. The van der Waals surface area contributed by atoms with Gasteiger partial charge in [-0.05, 0) is 30.3 Å². The smallest absolute Gasteiger partial charge is 0.260 e. The average Bonchev–Trinajstić information content (AvgIpc) is 2.62. The largest absolute Gasteiger partial charge is 0.482 e. The molecule has 2 heterocycles. The highest BCUT2D eigenvalue weighted by Gasteiger charge is 2.21. The van der Waals surface area contributed by atoms with Crippen LogP contribution in [0.25, 0.3) is 0 Å². The van der Waals surface area contributed by atoms with Crippen LogP contribution < -0.4 is 9.64 Å². The first-order chi connectivity index (χ1) is 11.6. The monoisotopic (exact) mass is 365 g/mol. The lowest BCUT2D eigenvalue weighted by Crippen LogP contribution is -2.50. The Morgan fingerprint density at radius 1 is 1.08 bits per heavy atom. The van der Waals surface area contributed by atoms with E-state index in [0.717, 1.165) is 18.8 Å². The Morgan fingerprint density at radius 3 is 2.46 bits per heavy atom. The van der Waals surface area contributed by atoms with Crippen molar-refractivity contribution in [2.24, 2.45) is 0 Å². The predicted octanol–water partition coefficient (Wildman–Crippen LogP) is 3.12. The van der Waals surface area contributed by atoms with Crippen LogP contribution in [-0.4, -0.2) is 48.6 Å². The van der Waals surface area contributed by atoms with E-state index >= 15 is 0 Å². The molecule has 1 saturated heterocycles. The fourth-order valence-electron chi connectivity index (χ4n) is 2.59. The molecule has 7 heteroatoms. The third kappa shape index (κ3) is 4.10. The first-order valence-corrected chi connectivity index (χ1v) is 8.39. The van der Waals surface area contributed by atoms with Crippen LogP contribution in [-0.2, 0) is 4.79 Å². The van der Waals surface area contributed by atoms with Crippen LogP contribution in [0.3, 0.4) is 0 Å². The number of rotatable bonds is 4. The molecule has 0 radical (unpaired) electrons. The third-order valence-electron chi connectivity index (χ3n) is 3.91. The fourth-order valence-corrected chi connectivity index (χ4v) is 3.06. The molecule has 24 heavy (non-hydrogen) atoms. The van der Waals surface area contributed by atoms with Crippen LogP contribution >= 0.6 is 23.2 Å². The second-order valence-electron chi connectivity index (χ2n) is 5.44. The van der Waals surface area contributed by atoms with E-state index in [9.17, 15) is 4.79 Å². The van der Waals surface area contributed by atoms with Crippen molar-refractivity contribution in [2.75, 3.05) is 37.7 Å². The molecule has 0 aliphatic carbocycles. The highest BCUT2D eigenvalue weighted by molar-refractivity contribution is 6.35. The van der Waals surface area contributed by atoms with Crippen LogP contribution in [0.5, 0.6) is 5.75 Å². The lowest BCUT2D eigenvalue weighted by Gasteiger charge is -2.36. The van der Waals surface area contributed by atoms with E-state index in [2.05, 4.69) is 9.88 Å². The maximum Gasteiger partial charge on any atom is 0.260 e. The van der Waals surface area contributed by atoms with Crippen LogP contribution in [0.15, 0.2) is 42.7 Å². The van der Waals surface area contributed by atoms with Gasteiger partial charge >= 0.3 is 0 Å². The number of ether oxygens (including phenoxy) is 1. The van der Waals surface area contributed by atoms with Gasteiger partial charge in [0.2, 0.25) is 0 Å². The van der Waals surface area contributed by atoms with Gasteiger partial charge in [0.15, 0.2) is 6.61 Å². The molecule has 0 spiro atoms. The quantitative estimate of drug-likeness (QED) is 0.834. The molecule has 5 nitrogen and oxygen atoms in total. The summed E-state index contributed by atoms with van der Waals surface area (Å²) in [6.07, 6.45) is 3.55. The molecule has 0 unspecified atom stereocenters. The van der Waals surface area contributed by atoms with Crippen LogP contribution in [0, 0.1) is 0 Å². The van der Waals surface area contributed by atoms with Gasteiger partial charge in [0.05, 0.1) is 5.02 Å². The molecule has 3 rings (SSSR count). The van der Waals surface area contributed by atoms with E-state index in [-0.39, 0.29) is 12.5 Å². The molecule has 1 fully saturated rings. The molecular formula is C17H17Cl2N3O2. The lowest BCUT2D eigenvalue weighted by molar-refractivity contribution is -0.133. The number of piperazine rings is 1. The second-order valence-corrected chi connectivity index (χ2v) is 6.28. The highest BCUT2D eigenvalue weighted by Crippen LogP contribution is 2.27. The van der Waals surface area contributed by atoms with Crippen molar-refractivity contribution < 1.29 is 9.53 Å². The maximum absolute atomic E-state index is 12.3. The van der Waals surface area contributed by atoms with E-state index < -0.39 is 0 Å². The Morgan fingerprint density at radius 2 is 1.79 bits per heavy atom. The van der Waals surface area contributed by atoms with Gasteiger partial charge in [0.25, 0.3) is 5.91 Å². The third-order valence-corrected chi connectivity index (χ3v) is 4.44. The summed E-state index contributed by atoms with van der Waals surface area (Å²) in [7, 11) is 0. The standard InChI is InChI=1S/C17H17Cl2N3O2/c18-13-1-2-16(15(19)11-13)24-12-17(23)22-9-7-21(8-10-22)14-3-5-20-6-4-14/h1-6,11H,7-10,12H2. The zero-order chi connectivity index (χ0) is 16.9. The zero-order valence-corrected chi connectivity index (χ0v) is 14.5. The molecule has 126 valence electrons. The number of hydrogen-bond donors (Lipinski definition) is 0. The van der Waals surface area contributed by atoms with Gasteiger partial charge in [-0.15, -0.1) is 0 Å². The Bertz CT molecular complexity index is 704. The van der Waals surface area contributed by atoms with Crippen molar-refractivity contribution in [3.8, 4) is 5.75 Å². The molecule has 0 atom stereocenters. The number of benzene rings is 1. The summed E-state index contributed by atoms with van der Waals surface area (Å²) >= 11 is 11.9. The summed E-state index contributed by atoms with van der Waals surface area (Å²) in [6, 6.07) is 8.89. The topological polar surface area (TPSA) is 45.7 Å². The van der Waals surface area contributed by atoms with Gasteiger partial charge in [0, 0.05) is 49.3 Å². The van der Waals surface area contributed by atoms with Crippen molar-refractivity contribution in [2.45, 2.75) is 0 Å². The molecule has 2 aromatic rings. The fraction of sp³-hybridized carbons (Fsp3) is 0.294. The normalized spacial score (nSPS) is 14.6. The van der Waals surface area contributed by atoms with Crippen molar-refractivity contribution in [1.29, 1.82) is 0 Å². The maximum atomic E-state index is 12.3. The molecule has 1 aromatic heterocycles. The van der Waals surface area contributed by atoms with Crippen LogP contribution in [0.1, 0.15) is 0 Å². The van der Waals surface area contributed by atoms with Gasteiger partial charge in [-0.25, -0.2) is 0 Å². The Kier molecular flexibility index (Phi) is 5.43.